The number of nitrogens with one attached hydrogen (secondary N) is 1. The Morgan fingerprint density at radius 3 is 2.64 bits per heavy atom. The Balaban J connectivity index is 1.92. The summed E-state index contributed by atoms with van der Waals surface area (Å²) in [4.78, 5) is 10.8. The molecule has 2 rings (SSSR count). The van der Waals surface area contributed by atoms with Crippen LogP contribution in [0.3, 0.4) is 0 Å². The van der Waals surface area contributed by atoms with Crippen molar-refractivity contribution >= 4 is 5.91 Å². The van der Waals surface area contributed by atoms with Crippen LogP contribution in [-0.4, -0.2) is 11.9 Å². The molecule has 0 unspecified atom stereocenters. The zero-order valence-electron chi connectivity index (χ0n) is 6.97. The molecule has 0 radical (unpaired) electrons. The van der Waals surface area contributed by atoms with Gasteiger partial charge in [-0.3, -0.25) is 4.79 Å². The van der Waals surface area contributed by atoms with Crippen LogP contribution >= 0.6 is 0 Å². The smallest absolute Gasteiger partial charge is 0.217 e. The molecule has 0 aliphatic heterocycles. The molecular formula is C9H15NO. The van der Waals surface area contributed by atoms with Crippen LogP contribution in [-0.2, 0) is 4.79 Å². The fraction of sp³-hybridized carbons (Fsp3) is 0.889. The van der Waals surface area contributed by atoms with Gasteiger partial charge >= 0.3 is 0 Å². The highest BCUT2D eigenvalue weighted by molar-refractivity contribution is 5.73. The highest BCUT2D eigenvalue weighted by Gasteiger charge is 2.39. The molecular weight excluding hydrogens is 138 g/mol. The molecule has 1 amide bonds. The van der Waals surface area contributed by atoms with Crippen LogP contribution in [0, 0.1) is 11.8 Å². The van der Waals surface area contributed by atoms with Crippen molar-refractivity contribution in [1.29, 1.82) is 0 Å². The second-order valence-corrected chi connectivity index (χ2v) is 3.98. The average molecular weight is 153 g/mol. The second-order valence-electron chi connectivity index (χ2n) is 3.98. The first-order valence-corrected chi connectivity index (χ1v) is 4.53. The van der Waals surface area contributed by atoms with E-state index < -0.39 is 0 Å². The quantitative estimate of drug-likeness (QED) is 0.604. The molecule has 2 heteroatoms. The van der Waals surface area contributed by atoms with Gasteiger partial charge in [0.25, 0.3) is 0 Å². The summed E-state index contributed by atoms with van der Waals surface area (Å²) in [5.41, 5.74) is 0. The molecule has 2 aliphatic carbocycles. The standard InChI is InChI=1S/C9H15NO/c1-6(11)10-9-5-7-2-3-8(9)4-7/h7-9H,2-5H2,1H3,(H,10,11)/t7-,8+,9+/m0/s1. The minimum Gasteiger partial charge on any atom is -0.353 e. The molecule has 1 N–H and O–H groups in total. The maximum Gasteiger partial charge on any atom is 0.217 e. The van der Waals surface area contributed by atoms with Crippen molar-refractivity contribution in [2.24, 2.45) is 11.8 Å². The summed E-state index contributed by atoms with van der Waals surface area (Å²) in [5.74, 6) is 1.88. The third-order valence-corrected chi connectivity index (χ3v) is 3.13. The molecule has 0 aromatic heterocycles. The monoisotopic (exact) mass is 153 g/mol. The highest BCUT2D eigenvalue weighted by atomic mass is 16.1. The highest BCUT2D eigenvalue weighted by Crippen LogP contribution is 2.44. The van der Waals surface area contributed by atoms with Gasteiger partial charge in [-0.1, -0.05) is 6.42 Å². The largest absolute Gasteiger partial charge is 0.353 e. The van der Waals surface area contributed by atoms with E-state index in [2.05, 4.69) is 5.32 Å². The minimum atomic E-state index is 0.141. The number of hydrogen-bond donors (Lipinski definition) is 1. The molecule has 0 aromatic carbocycles. The van der Waals surface area contributed by atoms with Crippen LogP contribution in [0.1, 0.15) is 32.6 Å². The zero-order valence-corrected chi connectivity index (χ0v) is 6.97. The maximum atomic E-state index is 10.8. The van der Waals surface area contributed by atoms with E-state index in [9.17, 15) is 4.79 Å². The Hall–Kier alpha value is -0.530. The summed E-state index contributed by atoms with van der Waals surface area (Å²) >= 11 is 0. The average Bonchev–Trinajstić information content (AvgIpc) is 2.45. The first-order chi connectivity index (χ1) is 5.25. The molecule has 2 aliphatic rings. The molecule has 0 saturated heterocycles. The molecule has 0 spiro atoms. The van der Waals surface area contributed by atoms with Gasteiger partial charge < -0.3 is 5.32 Å². The third kappa shape index (κ3) is 1.26. The SMILES string of the molecule is CC(=O)N[C@@H]1C[C@H]2CC[C@@H]1C2. The Kier molecular flexibility index (Phi) is 1.63. The lowest BCUT2D eigenvalue weighted by Gasteiger charge is -2.21. The molecule has 2 nitrogen and oxygen atoms in total. The lowest BCUT2D eigenvalue weighted by molar-refractivity contribution is -0.120. The number of rotatable bonds is 1. The van der Waals surface area contributed by atoms with Gasteiger partial charge in [0.15, 0.2) is 0 Å². The molecule has 0 aromatic rings. The van der Waals surface area contributed by atoms with E-state index in [1.54, 1.807) is 6.92 Å². The third-order valence-electron chi connectivity index (χ3n) is 3.13. The van der Waals surface area contributed by atoms with Gasteiger partial charge in [-0.25, -0.2) is 0 Å². The van der Waals surface area contributed by atoms with Crippen LogP contribution in [0.2, 0.25) is 0 Å². The van der Waals surface area contributed by atoms with Gasteiger partial charge in [0, 0.05) is 13.0 Å². The van der Waals surface area contributed by atoms with Crippen molar-refractivity contribution in [3.8, 4) is 0 Å². The molecule has 11 heavy (non-hydrogen) atoms. The molecule has 2 bridgehead atoms. The lowest BCUT2D eigenvalue weighted by atomic mass is 9.95. The summed E-state index contributed by atoms with van der Waals surface area (Å²) in [6, 6.07) is 0.520. The number of carbonyl (C=O) groups excluding carboxylic acids is 1. The molecule has 3 atom stereocenters. The predicted octanol–water partition coefficient (Wildman–Crippen LogP) is 1.31. The van der Waals surface area contributed by atoms with Gasteiger partial charge in [-0.05, 0) is 31.1 Å². The summed E-state index contributed by atoms with van der Waals surface area (Å²) in [6.07, 6.45) is 5.35. The van der Waals surface area contributed by atoms with Crippen LogP contribution < -0.4 is 5.32 Å². The fourth-order valence-corrected chi connectivity index (χ4v) is 2.68. The summed E-state index contributed by atoms with van der Waals surface area (Å²) in [6.45, 7) is 1.62. The van der Waals surface area contributed by atoms with Gasteiger partial charge in [-0.15, -0.1) is 0 Å². The Morgan fingerprint density at radius 2 is 2.18 bits per heavy atom. The van der Waals surface area contributed by atoms with Crippen molar-refractivity contribution in [2.75, 3.05) is 0 Å². The van der Waals surface area contributed by atoms with E-state index in [1.165, 1.54) is 25.7 Å². The molecule has 0 heterocycles. The predicted molar refractivity (Wildman–Crippen MR) is 43.1 cm³/mol. The summed E-state index contributed by atoms with van der Waals surface area (Å²) < 4.78 is 0. The number of amides is 1. The first-order valence-electron chi connectivity index (χ1n) is 4.53. The number of hydrogen-bond acceptors (Lipinski definition) is 1. The van der Waals surface area contributed by atoms with E-state index in [0.717, 1.165) is 11.8 Å². The van der Waals surface area contributed by atoms with Crippen molar-refractivity contribution in [1.82, 2.24) is 5.32 Å². The van der Waals surface area contributed by atoms with Crippen molar-refractivity contribution < 1.29 is 4.79 Å². The summed E-state index contributed by atoms with van der Waals surface area (Å²) in [7, 11) is 0. The van der Waals surface area contributed by atoms with Crippen LogP contribution in [0.25, 0.3) is 0 Å². The summed E-state index contributed by atoms with van der Waals surface area (Å²) in [5, 5.41) is 3.03. The zero-order chi connectivity index (χ0) is 7.84. The molecule has 2 fully saturated rings. The van der Waals surface area contributed by atoms with Crippen molar-refractivity contribution in [3.05, 3.63) is 0 Å². The lowest BCUT2D eigenvalue weighted by Crippen LogP contribution is -2.36. The second kappa shape index (κ2) is 2.50. The van der Waals surface area contributed by atoms with Gasteiger partial charge in [0.05, 0.1) is 0 Å². The normalized spacial score (nSPS) is 41.0. The van der Waals surface area contributed by atoms with Crippen LogP contribution in [0.15, 0.2) is 0 Å². The van der Waals surface area contributed by atoms with E-state index in [1.807, 2.05) is 0 Å². The van der Waals surface area contributed by atoms with E-state index in [4.69, 9.17) is 0 Å². The number of fused-ring (bicyclic) bond motifs is 2. The Morgan fingerprint density at radius 1 is 1.36 bits per heavy atom. The fourth-order valence-electron chi connectivity index (χ4n) is 2.68. The van der Waals surface area contributed by atoms with E-state index in [0.29, 0.717) is 6.04 Å². The Bertz CT molecular complexity index is 178. The van der Waals surface area contributed by atoms with Crippen LogP contribution in [0.5, 0.6) is 0 Å². The van der Waals surface area contributed by atoms with E-state index >= 15 is 0 Å². The minimum absolute atomic E-state index is 0.141. The maximum absolute atomic E-state index is 10.8. The Labute approximate surface area is 67.4 Å². The topological polar surface area (TPSA) is 29.1 Å². The van der Waals surface area contributed by atoms with Gasteiger partial charge in [0.2, 0.25) is 5.91 Å². The first kappa shape index (κ1) is 7.14. The van der Waals surface area contributed by atoms with Crippen molar-refractivity contribution in [2.45, 2.75) is 38.6 Å². The van der Waals surface area contributed by atoms with E-state index in [-0.39, 0.29) is 5.91 Å². The molecule has 2 saturated carbocycles. The van der Waals surface area contributed by atoms with Gasteiger partial charge in [-0.2, -0.15) is 0 Å². The number of carbonyl (C=O) groups is 1. The molecule has 62 valence electrons. The van der Waals surface area contributed by atoms with Crippen molar-refractivity contribution in [3.63, 3.8) is 0 Å². The van der Waals surface area contributed by atoms with Crippen LogP contribution in [0.4, 0.5) is 0 Å². The van der Waals surface area contributed by atoms with Gasteiger partial charge in [0.1, 0.15) is 0 Å².